The minimum atomic E-state index is -1.28. The van der Waals surface area contributed by atoms with Gasteiger partial charge >= 0.3 is 0 Å². The Balaban J connectivity index is 1.69. The van der Waals surface area contributed by atoms with Gasteiger partial charge in [-0.05, 0) is 23.3 Å². The van der Waals surface area contributed by atoms with E-state index in [2.05, 4.69) is 4.98 Å². The van der Waals surface area contributed by atoms with Crippen molar-refractivity contribution in [3.63, 3.8) is 0 Å². The molecule has 0 fully saturated rings. The first-order chi connectivity index (χ1) is 16.0. The van der Waals surface area contributed by atoms with E-state index in [0.29, 0.717) is 34.5 Å². The van der Waals surface area contributed by atoms with Crippen LogP contribution in [0.3, 0.4) is 0 Å². The minimum Gasteiger partial charge on any atom is -0.396 e. The zero-order valence-corrected chi connectivity index (χ0v) is 19.8. The largest absolute Gasteiger partial charge is 0.396 e. The molecular weight excluding hydrogens is 456 g/mol. The Morgan fingerprint density at radius 2 is 2.00 bits per heavy atom. The Morgan fingerprint density at radius 1 is 1.21 bits per heavy atom. The summed E-state index contributed by atoms with van der Waals surface area (Å²) in [6.07, 6.45) is 1.69. The van der Waals surface area contributed by atoms with Crippen molar-refractivity contribution in [3.05, 3.63) is 59.9 Å². The van der Waals surface area contributed by atoms with Crippen molar-refractivity contribution in [2.75, 3.05) is 32.3 Å². The Kier molecular flexibility index (Phi) is 5.69. The van der Waals surface area contributed by atoms with Crippen molar-refractivity contribution in [3.8, 4) is 22.4 Å². The van der Waals surface area contributed by atoms with Crippen molar-refractivity contribution < 1.29 is 13.7 Å². The van der Waals surface area contributed by atoms with Gasteiger partial charge in [0.05, 0.1) is 34.5 Å². The first-order valence-corrected chi connectivity index (χ1v) is 12.5. The lowest BCUT2D eigenvalue weighted by Crippen LogP contribution is -2.18. The molecule has 3 aromatic heterocycles. The van der Waals surface area contributed by atoms with Gasteiger partial charge in [-0.15, -0.1) is 11.3 Å². The number of carbonyl (C=O) groups excluding carboxylic acids is 1. The summed E-state index contributed by atoms with van der Waals surface area (Å²) in [7, 11) is 2.07. The molecule has 0 saturated carbocycles. The van der Waals surface area contributed by atoms with Crippen LogP contribution in [0, 0.1) is 0 Å². The predicted molar refractivity (Wildman–Crippen MR) is 132 cm³/mol. The molecule has 7 nitrogen and oxygen atoms in total. The van der Waals surface area contributed by atoms with Crippen LogP contribution in [0.25, 0.3) is 32.6 Å². The molecule has 168 valence electrons. The van der Waals surface area contributed by atoms with E-state index in [-0.39, 0.29) is 5.91 Å². The number of benzene rings is 1. The first-order valence-electron chi connectivity index (χ1n) is 10.4. The normalized spacial score (nSPS) is 14.1. The van der Waals surface area contributed by atoms with Crippen molar-refractivity contribution >= 4 is 43.9 Å². The molecule has 1 aromatic carbocycles. The fourth-order valence-electron chi connectivity index (χ4n) is 3.99. The van der Waals surface area contributed by atoms with Crippen LogP contribution in [-0.2, 0) is 22.1 Å². The average Bonchev–Trinajstić information content (AvgIpc) is 3.32. The summed E-state index contributed by atoms with van der Waals surface area (Å²) in [6, 6.07) is 13.9. The van der Waals surface area contributed by atoms with Crippen molar-refractivity contribution in [1.29, 1.82) is 0 Å². The highest BCUT2D eigenvalue weighted by molar-refractivity contribution is 7.87. The molecule has 9 heteroatoms. The van der Waals surface area contributed by atoms with Gasteiger partial charge in [-0.1, -0.05) is 30.3 Å². The highest BCUT2D eigenvalue weighted by atomic mass is 32.2. The molecule has 33 heavy (non-hydrogen) atoms. The van der Waals surface area contributed by atoms with Crippen LogP contribution in [0.4, 0.5) is 5.69 Å². The van der Waals surface area contributed by atoms with Crippen molar-refractivity contribution in [2.24, 2.45) is 0 Å². The summed E-state index contributed by atoms with van der Waals surface area (Å²) < 4.78 is 18.6. The van der Waals surface area contributed by atoms with Gasteiger partial charge in [-0.25, -0.2) is 4.98 Å². The maximum atomic E-state index is 12.9. The average molecular weight is 479 g/mol. The molecule has 4 heterocycles. The number of pyridine rings is 2. The maximum Gasteiger partial charge on any atom is 0.272 e. The lowest BCUT2D eigenvalue weighted by Gasteiger charge is -2.09. The fraction of sp³-hybridized carbons (Fsp3) is 0.208. The SMILES string of the molecule is COCCS(=O)c1sc2nc(-c3cnc4c(c3)CN(C)C4=O)cc(-c3ccccc3)c2c1N. The molecule has 0 saturated heterocycles. The number of fused-ring (bicyclic) bond motifs is 2. The number of methoxy groups -OCH3 is 1. The van der Waals surface area contributed by atoms with E-state index in [0.717, 1.165) is 38.2 Å². The number of hydrogen-bond donors (Lipinski definition) is 1. The smallest absolute Gasteiger partial charge is 0.272 e. The van der Waals surface area contributed by atoms with Crippen LogP contribution in [-0.4, -0.2) is 51.5 Å². The number of nitrogens with two attached hydrogens (primary N) is 1. The zero-order valence-electron chi connectivity index (χ0n) is 18.2. The number of anilines is 1. The first kappa shape index (κ1) is 21.7. The maximum absolute atomic E-state index is 12.9. The molecule has 0 bridgehead atoms. The second kappa shape index (κ2) is 8.66. The van der Waals surface area contributed by atoms with Gasteiger partial charge in [-0.3, -0.25) is 14.0 Å². The monoisotopic (exact) mass is 478 g/mol. The molecule has 1 aliphatic heterocycles. The number of nitrogens with zero attached hydrogens (tertiary/aromatic N) is 3. The minimum absolute atomic E-state index is 0.0702. The van der Waals surface area contributed by atoms with Crippen LogP contribution in [0.1, 0.15) is 16.1 Å². The summed E-state index contributed by atoms with van der Waals surface area (Å²) in [5.41, 5.74) is 11.9. The summed E-state index contributed by atoms with van der Waals surface area (Å²) in [5, 5.41) is 0.805. The number of rotatable bonds is 6. The number of nitrogen functional groups attached to an aromatic ring is 1. The van der Waals surface area contributed by atoms with E-state index in [1.165, 1.54) is 11.3 Å². The predicted octanol–water partition coefficient (Wildman–Crippen LogP) is 3.95. The van der Waals surface area contributed by atoms with Gasteiger partial charge in [0.1, 0.15) is 14.7 Å². The molecular formula is C24H22N4O3S2. The third-order valence-corrected chi connectivity index (χ3v) is 8.52. The topological polar surface area (TPSA) is 98.4 Å². The van der Waals surface area contributed by atoms with Crippen molar-refractivity contribution in [1.82, 2.24) is 14.9 Å². The lowest BCUT2D eigenvalue weighted by atomic mass is 10.00. The van der Waals surface area contributed by atoms with Crippen molar-refractivity contribution in [2.45, 2.75) is 10.8 Å². The Morgan fingerprint density at radius 3 is 2.76 bits per heavy atom. The second-order valence-corrected chi connectivity index (χ2v) is 10.6. The van der Waals surface area contributed by atoms with E-state index in [4.69, 9.17) is 15.5 Å². The third kappa shape index (κ3) is 3.82. The number of hydrogen-bond acceptors (Lipinski definition) is 7. The van der Waals surface area contributed by atoms with Gasteiger partial charge < -0.3 is 15.4 Å². The van der Waals surface area contributed by atoms with Gasteiger partial charge in [0.15, 0.2) is 0 Å². The van der Waals surface area contributed by atoms with Gasteiger partial charge in [0, 0.05) is 43.4 Å². The van der Waals surface area contributed by atoms with Crippen LogP contribution in [0.5, 0.6) is 0 Å². The Hall–Kier alpha value is -3.14. The summed E-state index contributed by atoms with van der Waals surface area (Å²) in [6.45, 7) is 0.913. The number of aromatic nitrogens is 2. The van der Waals surface area contributed by atoms with E-state index < -0.39 is 10.8 Å². The molecule has 0 spiro atoms. The number of carbonyl (C=O) groups is 1. The molecule has 0 aliphatic carbocycles. The van der Waals surface area contributed by atoms with E-state index in [1.54, 1.807) is 25.3 Å². The molecule has 4 aromatic rings. The summed E-state index contributed by atoms with van der Waals surface area (Å²) in [5.74, 6) is 0.302. The molecule has 0 radical (unpaired) electrons. The van der Waals surface area contributed by atoms with Crippen LogP contribution in [0.15, 0.2) is 52.9 Å². The Labute approximate surface area is 197 Å². The van der Waals surface area contributed by atoms with Gasteiger partial charge in [0.25, 0.3) is 5.91 Å². The standard InChI is InChI=1S/C24H22N4O3S2/c1-28-13-16-10-15(12-26-21(16)23(28)29)18-11-17(14-6-4-3-5-7-14)19-20(25)24(32-22(19)27-18)33(30)9-8-31-2/h3-7,10-12H,8-9,13,25H2,1-2H3. The quantitative estimate of drug-likeness (QED) is 0.451. The fourth-order valence-corrected chi connectivity index (χ4v) is 6.55. The highest BCUT2D eigenvalue weighted by Crippen LogP contribution is 2.42. The van der Waals surface area contributed by atoms with Crippen LogP contribution < -0.4 is 5.73 Å². The van der Waals surface area contributed by atoms with E-state index >= 15 is 0 Å². The van der Waals surface area contributed by atoms with Gasteiger partial charge in [-0.2, -0.15) is 0 Å². The van der Waals surface area contributed by atoms with Gasteiger partial charge in [0.2, 0.25) is 0 Å². The molecule has 1 unspecified atom stereocenters. The molecule has 2 N–H and O–H groups in total. The highest BCUT2D eigenvalue weighted by Gasteiger charge is 2.27. The molecule has 1 atom stereocenters. The van der Waals surface area contributed by atoms with E-state index in [9.17, 15) is 9.00 Å². The number of thiophene rings is 1. The summed E-state index contributed by atoms with van der Waals surface area (Å²) in [4.78, 5) is 23.9. The van der Waals surface area contributed by atoms with E-state index in [1.807, 2.05) is 42.5 Å². The number of amides is 1. The zero-order chi connectivity index (χ0) is 23.1. The van der Waals surface area contributed by atoms with Crippen LogP contribution >= 0.6 is 11.3 Å². The molecule has 5 rings (SSSR count). The van der Waals surface area contributed by atoms with Crippen LogP contribution in [0.2, 0.25) is 0 Å². The number of ether oxygens (including phenoxy) is 1. The molecule has 1 aliphatic rings. The lowest BCUT2D eigenvalue weighted by molar-refractivity contribution is 0.0812. The third-order valence-electron chi connectivity index (χ3n) is 5.65. The summed E-state index contributed by atoms with van der Waals surface area (Å²) >= 11 is 1.35. The molecule has 1 amide bonds. The second-order valence-electron chi connectivity index (χ2n) is 7.84. The Bertz CT molecular complexity index is 1400.